The van der Waals surface area contributed by atoms with E-state index in [0.717, 1.165) is 17.5 Å². The van der Waals surface area contributed by atoms with Gasteiger partial charge in [0.05, 0.1) is 11.3 Å². The van der Waals surface area contributed by atoms with Crippen molar-refractivity contribution < 1.29 is 24.2 Å². The second kappa shape index (κ2) is 9.02. The van der Waals surface area contributed by atoms with Crippen LogP contribution in [-0.2, 0) is 14.3 Å². The summed E-state index contributed by atoms with van der Waals surface area (Å²) in [6.07, 6.45) is 1.32. The number of carbonyl (C=O) groups is 3. The standard InChI is InChI=1S/C28H32N2O5/c1-3-28(4-2,26(33)30-14-17-13-23(30)24(17)25(31)32)16-29-27(34)35-15-22-20-11-7-5-9-18(20)19-10-6-8-12-21(19)22/h5-12,17,22-24H,3-4,13-16H2,1-2H3,(H,29,34)(H,31,32). The molecule has 2 aromatic carbocycles. The number of hydrogen-bond acceptors (Lipinski definition) is 4. The molecule has 3 unspecified atom stereocenters. The van der Waals surface area contributed by atoms with Crippen molar-refractivity contribution in [3.8, 4) is 11.1 Å². The van der Waals surface area contributed by atoms with Crippen LogP contribution >= 0.6 is 0 Å². The van der Waals surface area contributed by atoms with Gasteiger partial charge in [0.2, 0.25) is 5.91 Å². The Labute approximate surface area is 205 Å². The molecule has 35 heavy (non-hydrogen) atoms. The van der Waals surface area contributed by atoms with E-state index >= 15 is 0 Å². The number of fused-ring (bicyclic) bond motifs is 4. The van der Waals surface area contributed by atoms with E-state index in [2.05, 4.69) is 29.6 Å². The number of carboxylic acids is 1. The molecule has 0 aromatic heterocycles. The molecule has 2 aliphatic carbocycles. The van der Waals surface area contributed by atoms with E-state index in [1.54, 1.807) is 4.90 Å². The molecule has 0 spiro atoms. The lowest BCUT2D eigenvalue weighted by molar-refractivity contribution is -0.150. The Morgan fingerprint density at radius 2 is 1.63 bits per heavy atom. The Bertz CT molecular complexity index is 1110. The minimum atomic E-state index is -0.822. The van der Waals surface area contributed by atoms with E-state index in [-0.39, 0.29) is 36.9 Å². The molecule has 1 saturated carbocycles. The number of nitrogens with one attached hydrogen (secondary N) is 1. The first kappa shape index (κ1) is 23.4. The maximum absolute atomic E-state index is 13.5. The number of hydrogen-bond donors (Lipinski definition) is 2. The van der Waals surface area contributed by atoms with E-state index in [4.69, 9.17) is 4.74 Å². The van der Waals surface area contributed by atoms with Crippen LogP contribution < -0.4 is 5.32 Å². The molecule has 3 fully saturated rings. The van der Waals surface area contributed by atoms with Crippen LogP contribution in [0.2, 0.25) is 0 Å². The van der Waals surface area contributed by atoms with Gasteiger partial charge in [0, 0.05) is 25.0 Å². The van der Waals surface area contributed by atoms with Gasteiger partial charge in [-0.3, -0.25) is 9.59 Å². The van der Waals surface area contributed by atoms with Crippen LogP contribution in [0, 0.1) is 17.3 Å². The molecular weight excluding hydrogens is 444 g/mol. The van der Waals surface area contributed by atoms with Gasteiger partial charge in [-0.05, 0) is 47.4 Å². The summed E-state index contributed by atoms with van der Waals surface area (Å²) in [7, 11) is 0. The summed E-state index contributed by atoms with van der Waals surface area (Å²) in [5.41, 5.74) is 3.86. The molecular formula is C28H32N2O5. The van der Waals surface area contributed by atoms with Crippen molar-refractivity contribution in [3.05, 3.63) is 59.7 Å². The highest BCUT2D eigenvalue weighted by Crippen LogP contribution is 2.48. The Morgan fingerprint density at radius 3 is 2.17 bits per heavy atom. The van der Waals surface area contributed by atoms with Crippen LogP contribution in [0.25, 0.3) is 11.1 Å². The number of rotatable bonds is 8. The van der Waals surface area contributed by atoms with Crippen molar-refractivity contribution in [3.63, 3.8) is 0 Å². The van der Waals surface area contributed by atoms with Gasteiger partial charge in [0.15, 0.2) is 0 Å². The molecule has 3 atom stereocenters. The summed E-state index contributed by atoms with van der Waals surface area (Å²) in [4.78, 5) is 39.5. The normalized spacial score (nSPS) is 22.2. The molecule has 0 radical (unpaired) electrons. The van der Waals surface area contributed by atoms with Crippen molar-refractivity contribution in [2.24, 2.45) is 17.3 Å². The smallest absolute Gasteiger partial charge is 0.407 e. The molecule has 2 N–H and O–H groups in total. The molecule has 2 saturated heterocycles. The molecule has 7 nitrogen and oxygen atoms in total. The van der Waals surface area contributed by atoms with Crippen molar-refractivity contribution in [2.75, 3.05) is 19.7 Å². The largest absolute Gasteiger partial charge is 0.481 e. The predicted octanol–water partition coefficient (Wildman–Crippen LogP) is 4.26. The third-order valence-corrected chi connectivity index (χ3v) is 8.57. The minimum absolute atomic E-state index is 0.0266. The maximum Gasteiger partial charge on any atom is 0.407 e. The number of carboxylic acid groups (broad SMARTS) is 1. The second-order valence-corrected chi connectivity index (χ2v) is 10.1. The van der Waals surface area contributed by atoms with Crippen molar-refractivity contribution in [1.29, 1.82) is 0 Å². The Balaban J connectivity index is 1.22. The molecule has 2 heterocycles. The molecule has 2 aromatic rings. The van der Waals surface area contributed by atoms with Crippen LogP contribution in [0.15, 0.2) is 48.5 Å². The van der Waals surface area contributed by atoms with Crippen molar-refractivity contribution >= 4 is 18.0 Å². The average Bonchev–Trinajstić information content (AvgIpc) is 3.54. The van der Waals surface area contributed by atoms with Crippen molar-refractivity contribution in [2.45, 2.75) is 45.1 Å². The van der Waals surface area contributed by atoms with Gasteiger partial charge in [-0.1, -0.05) is 62.4 Å². The van der Waals surface area contributed by atoms with E-state index in [1.165, 1.54) is 11.1 Å². The number of aliphatic carboxylic acids is 1. The monoisotopic (exact) mass is 476 g/mol. The third-order valence-electron chi connectivity index (χ3n) is 8.57. The highest BCUT2D eigenvalue weighted by atomic mass is 16.5. The molecule has 2 bridgehead atoms. The minimum Gasteiger partial charge on any atom is -0.481 e. The second-order valence-electron chi connectivity index (χ2n) is 10.1. The van der Waals surface area contributed by atoms with E-state index in [0.29, 0.717) is 19.4 Å². The first-order valence-corrected chi connectivity index (χ1v) is 12.5. The topological polar surface area (TPSA) is 95.9 Å². The summed E-state index contributed by atoms with van der Waals surface area (Å²) in [5, 5.41) is 12.3. The van der Waals surface area contributed by atoms with Gasteiger partial charge in [-0.2, -0.15) is 0 Å². The number of ether oxygens (including phenoxy) is 1. The van der Waals surface area contributed by atoms with Gasteiger partial charge in [-0.25, -0.2) is 4.79 Å². The van der Waals surface area contributed by atoms with Gasteiger partial charge >= 0.3 is 12.1 Å². The Hall–Kier alpha value is -3.35. The first-order valence-electron chi connectivity index (χ1n) is 12.5. The zero-order valence-corrected chi connectivity index (χ0v) is 20.2. The highest BCUT2D eigenvalue weighted by molar-refractivity contribution is 5.86. The maximum atomic E-state index is 13.5. The molecule has 184 valence electrons. The number of carbonyl (C=O) groups excluding carboxylic acids is 2. The summed E-state index contributed by atoms with van der Waals surface area (Å²) in [6.45, 7) is 4.76. The van der Waals surface area contributed by atoms with Crippen LogP contribution in [0.3, 0.4) is 0 Å². The van der Waals surface area contributed by atoms with E-state index < -0.39 is 23.4 Å². The van der Waals surface area contributed by atoms with Gasteiger partial charge in [0.1, 0.15) is 6.61 Å². The fourth-order valence-electron chi connectivity index (χ4n) is 6.29. The van der Waals surface area contributed by atoms with Crippen LogP contribution in [0.5, 0.6) is 0 Å². The third kappa shape index (κ3) is 3.77. The fourth-order valence-corrected chi connectivity index (χ4v) is 6.29. The Kier molecular flexibility index (Phi) is 6.03. The van der Waals surface area contributed by atoms with Crippen molar-refractivity contribution in [1.82, 2.24) is 10.2 Å². The molecule has 4 aliphatic rings. The Morgan fingerprint density at radius 1 is 1.03 bits per heavy atom. The summed E-state index contributed by atoms with van der Waals surface area (Å²) in [5.74, 6) is -1.32. The van der Waals surface area contributed by atoms with Crippen LogP contribution in [-0.4, -0.2) is 53.7 Å². The lowest BCUT2D eigenvalue weighted by atomic mass is 9.73. The number of benzene rings is 2. The number of alkyl carbamates (subject to hydrolysis) is 1. The summed E-state index contributed by atoms with van der Waals surface area (Å²) < 4.78 is 5.65. The molecule has 2 aliphatic heterocycles. The zero-order chi connectivity index (χ0) is 24.7. The highest BCUT2D eigenvalue weighted by Gasteiger charge is 2.59. The average molecular weight is 477 g/mol. The molecule has 6 rings (SSSR count). The number of nitrogens with zero attached hydrogens (tertiary/aromatic N) is 1. The van der Waals surface area contributed by atoms with E-state index in [9.17, 15) is 19.5 Å². The lowest BCUT2D eigenvalue weighted by Crippen LogP contribution is -2.52. The zero-order valence-electron chi connectivity index (χ0n) is 20.2. The summed E-state index contributed by atoms with van der Waals surface area (Å²) in [6, 6.07) is 16.1. The van der Waals surface area contributed by atoms with Crippen LogP contribution in [0.1, 0.15) is 50.2 Å². The van der Waals surface area contributed by atoms with Gasteiger partial charge < -0.3 is 20.1 Å². The molecule has 7 heteroatoms. The van der Waals surface area contributed by atoms with Gasteiger partial charge in [0.25, 0.3) is 0 Å². The predicted molar refractivity (Wildman–Crippen MR) is 131 cm³/mol. The lowest BCUT2D eigenvalue weighted by Gasteiger charge is -2.38. The quantitative estimate of drug-likeness (QED) is 0.593. The SMILES string of the molecule is CCC(CC)(CNC(=O)OCC1c2ccccc2-c2ccccc21)C(=O)N1CC2CC1C2C(=O)O. The fraction of sp³-hybridized carbons (Fsp3) is 0.464. The van der Waals surface area contributed by atoms with Crippen LogP contribution in [0.4, 0.5) is 4.79 Å². The molecule has 2 amide bonds. The summed E-state index contributed by atoms with van der Waals surface area (Å²) >= 11 is 0. The van der Waals surface area contributed by atoms with E-state index in [1.807, 2.05) is 38.1 Å². The van der Waals surface area contributed by atoms with Gasteiger partial charge in [-0.15, -0.1) is 0 Å². The number of amides is 2. The first-order chi connectivity index (χ1) is 16.9.